The monoisotopic (exact) mass is 372 g/mol. The Balaban J connectivity index is 0.00000312. The van der Waals surface area contributed by atoms with Crippen LogP contribution in [0.2, 0.25) is 0 Å². The zero-order valence-electron chi connectivity index (χ0n) is 14.6. The molecule has 0 spiro atoms. The summed E-state index contributed by atoms with van der Waals surface area (Å²) in [5.74, 6) is -0.902. The highest BCUT2D eigenvalue weighted by Crippen LogP contribution is 2.25. The molecule has 0 atom stereocenters. The lowest BCUT2D eigenvalue weighted by atomic mass is 9.81. The van der Waals surface area contributed by atoms with Crippen LogP contribution in [0.25, 0.3) is 0 Å². The second-order valence-corrected chi connectivity index (χ2v) is 6.77. The van der Waals surface area contributed by atoms with Gasteiger partial charge >= 0.3 is 0 Å². The quantitative estimate of drug-likeness (QED) is 0.752. The largest absolute Gasteiger partial charge is 0.494 e. The Hall–Kier alpha value is -1.66. The third-order valence-electron chi connectivity index (χ3n) is 4.55. The summed E-state index contributed by atoms with van der Waals surface area (Å²) in [5, 5.41) is 2.95. The molecule has 1 aliphatic carbocycles. The van der Waals surface area contributed by atoms with E-state index in [0.29, 0.717) is 0 Å². The molecule has 0 aliphatic heterocycles. The van der Waals surface area contributed by atoms with Crippen molar-refractivity contribution < 1.29 is 18.7 Å². The van der Waals surface area contributed by atoms with Crippen LogP contribution in [0.1, 0.15) is 55.8 Å². The summed E-state index contributed by atoms with van der Waals surface area (Å²) in [7, 11) is 1.36. The van der Waals surface area contributed by atoms with E-state index in [1.165, 1.54) is 19.2 Å². The number of hydrogen-bond donors (Lipinski definition) is 2. The van der Waals surface area contributed by atoms with E-state index in [2.05, 4.69) is 5.32 Å². The van der Waals surface area contributed by atoms with Crippen LogP contribution in [-0.4, -0.2) is 30.4 Å². The van der Waals surface area contributed by atoms with Gasteiger partial charge in [-0.05, 0) is 50.8 Å². The molecule has 0 aromatic heterocycles. The number of halogens is 2. The van der Waals surface area contributed by atoms with Crippen molar-refractivity contribution in [3.05, 3.63) is 29.6 Å². The van der Waals surface area contributed by atoms with Crippen molar-refractivity contribution in [2.45, 2.75) is 57.0 Å². The molecule has 0 heterocycles. The van der Waals surface area contributed by atoms with Crippen LogP contribution in [0.4, 0.5) is 4.39 Å². The molecule has 1 saturated carbocycles. The number of ketones is 1. The molecule has 3 N–H and O–H groups in total. The van der Waals surface area contributed by atoms with Crippen molar-refractivity contribution in [3.63, 3.8) is 0 Å². The molecule has 0 bridgehead atoms. The average molecular weight is 373 g/mol. The number of benzene rings is 1. The number of rotatable bonds is 6. The van der Waals surface area contributed by atoms with Crippen LogP contribution in [0.15, 0.2) is 18.2 Å². The highest BCUT2D eigenvalue weighted by Gasteiger charge is 2.28. The molecule has 140 valence electrons. The molecular formula is C18H26ClFN2O3. The maximum Gasteiger partial charge on any atom is 0.220 e. The molecule has 0 saturated heterocycles. The zero-order chi connectivity index (χ0) is 17.7. The molecule has 1 aliphatic rings. The van der Waals surface area contributed by atoms with Gasteiger partial charge in [-0.15, -0.1) is 12.4 Å². The van der Waals surface area contributed by atoms with Gasteiger partial charge in [0.25, 0.3) is 0 Å². The van der Waals surface area contributed by atoms with E-state index in [0.717, 1.165) is 31.7 Å². The highest BCUT2D eigenvalue weighted by molar-refractivity contribution is 5.98. The molecule has 1 amide bonds. The third kappa shape index (κ3) is 6.29. The first-order valence-electron chi connectivity index (χ1n) is 8.26. The fraction of sp³-hybridized carbons (Fsp3) is 0.556. The maximum absolute atomic E-state index is 13.6. The number of carbonyl (C=O) groups is 2. The Morgan fingerprint density at radius 3 is 2.52 bits per heavy atom. The Kier molecular flexibility index (Phi) is 7.83. The van der Waals surface area contributed by atoms with Crippen LogP contribution < -0.4 is 15.8 Å². The Morgan fingerprint density at radius 1 is 1.32 bits per heavy atom. The van der Waals surface area contributed by atoms with Crippen LogP contribution >= 0.6 is 12.4 Å². The molecule has 7 heteroatoms. The van der Waals surface area contributed by atoms with E-state index in [-0.39, 0.29) is 59.8 Å². The summed E-state index contributed by atoms with van der Waals surface area (Å²) in [4.78, 5) is 24.1. The smallest absolute Gasteiger partial charge is 0.220 e. The van der Waals surface area contributed by atoms with Crippen LogP contribution in [0.5, 0.6) is 5.75 Å². The number of amides is 1. The number of methoxy groups -OCH3 is 1. The minimum Gasteiger partial charge on any atom is -0.494 e. The van der Waals surface area contributed by atoms with Gasteiger partial charge in [-0.25, -0.2) is 4.39 Å². The molecular weight excluding hydrogens is 347 g/mol. The molecule has 1 fully saturated rings. The summed E-state index contributed by atoms with van der Waals surface area (Å²) >= 11 is 0. The first-order chi connectivity index (χ1) is 11.3. The number of ether oxygens (including phenoxy) is 1. The van der Waals surface area contributed by atoms with Gasteiger partial charge < -0.3 is 15.8 Å². The predicted octanol–water partition coefficient (Wildman–Crippen LogP) is 3.00. The fourth-order valence-electron chi connectivity index (χ4n) is 2.93. The van der Waals surface area contributed by atoms with E-state index >= 15 is 0 Å². The van der Waals surface area contributed by atoms with E-state index in [4.69, 9.17) is 10.5 Å². The average Bonchev–Trinajstić information content (AvgIpc) is 2.54. The summed E-state index contributed by atoms with van der Waals surface area (Å²) in [6.07, 6.45) is 3.62. The minimum atomic E-state index is -0.583. The van der Waals surface area contributed by atoms with Crippen molar-refractivity contribution in [2.24, 2.45) is 5.73 Å². The normalized spacial score (nSPS) is 22.6. The molecule has 0 radical (unpaired) electrons. The number of nitrogens with one attached hydrogen (secondary N) is 1. The zero-order valence-corrected chi connectivity index (χ0v) is 15.5. The van der Waals surface area contributed by atoms with Gasteiger partial charge in [0, 0.05) is 30.0 Å². The standard InChI is InChI=1S/C18H25FN2O3.ClH/c1-18(20)9-7-13(8-10-18)21-17(23)6-4-15(22)12-3-5-16(24-2)14(19)11-12;/h3,5,11,13H,4,6-10,20H2,1-2H3,(H,21,23);1H. The maximum atomic E-state index is 13.6. The first-order valence-corrected chi connectivity index (χ1v) is 8.26. The molecule has 25 heavy (non-hydrogen) atoms. The minimum absolute atomic E-state index is 0. The number of Topliss-reactive ketones (excluding diaryl/α,β-unsaturated/α-hetero) is 1. The molecule has 1 aromatic carbocycles. The summed E-state index contributed by atoms with van der Waals surface area (Å²) in [6, 6.07) is 4.19. The first kappa shape index (κ1) is 21.4. The van der Waals surface area contributed by atoms with Crippen LogP contribution in [-0.2, 0) is 4.79 Å². The van der Waals surface area contributed by atoms with E-state index < -0.39 is 5.82 Å². The van der Waals surface area contributed by atoms with Gasteiger partial charge in [-0.1, -0.05) is 0 Å². The molecule has 0 unspecified atom stereocenters. The SMILES string of the molecule is COc1ccc(C(=O)CCC(=O)NC2CCC(C)(N)CC2)cc1F.Cl. The van der Waals surface area contributed by atoms with Crippen molar-refractivity contribution in [2.75, 3.05) is 7.11 Å². The lowest BCUT2D eigenvalue weighted by molar-refractivity contribution is -0.122. The van der Waals surface area contributed by atoms with Crippen molar-refractivity contribution in [3.8, 4) is 5.75 Å². The topological polar surface area (TPSA) is 81.4 Å². The van der Waals surface area contributed by atoms with Gasteiger partial charge in [0.2, 0.25) is 5.91 Å². The Labute approximate surface area is 153 Å². The van der Waals surface area contributed by atoms with Gasteiger partial charge in [-0.2, -0.15) is 0 Å². The molecule has 2 rings (SSSR count). The third-order valence-corrected chi connectivity index (χ3v) is 4.55. The van der Waals surface area contributed by atoms with E-state index in [1.807, 2.05) is 6.92 Å². The molecule has 1 aromatic rings. The number of carbonyl (C=O) groups excluding carboxylic acids is 2. The summed E-state index contributed by atoms with van der Waals surface area (Å²) in [5.41, 5.74) is 6.17. The highest BCUT2D eigenvalue weighted by atomic mass is 35.5. The van der Waals surface area contributed by atoms with Gasteiger partial charge in [0.1, 0.15) is 0 Å². The lowest BCUT2D eigenvalue weighted by Gasteiger charge is -2.34. The lowest BCUT2D eigenvalue weighted by Crippen LogP contribution is -2.46. The number of nitrogens with two attached hydrogens (primary N) is 1. The van der Waals surface area contributed by atoms with E-state index in [1.54, 1.807) is 0 Å². The van der Waals surface area contributed by atoms with Crippen molar-refractivity contribution in [1.82, 2.24) is 5.32 Å². The van der Waals surface area contributed by atoms with Crippen molar-refractivity contribution in [1.29, 1.82) is 0 Å². The summed E-state index contributed by atoms with van der Waals surface area (Å²) in [6.45, 7) is 2.03. The van der Waals surface area contributed by atoms with Gasteiger partial charge in [-0.3, -0.25) is 9.59 Å². The molecule has 5 nitrogen and oxygen atoms in total. The van der Waals surface area contributed by atoms with Gasteiger partial charge in [0.05, 0.1) is 7.11 Å². The Bertz CT molecular complexity index is 612. The fourth-order valence-corrected chi connectivity index (χ4v) is 2.93. The van der Waals surface area contributed by atoms with Crippen LogP contribution in [0.3, 0.4) is 0 Å². The number of hydrogen-bond acceptors (Lipinski definition) is 4. The van der Waals surface area contributed by atoms with E-state index in [9.17, 15) is 14.0 Å². The Morgan fingerprint density at radius 2 is 1.96 bits per heavy atom. The van der Waals surface area contributed by atoms with Gasteiger partial charge in [0.15, 0.2) is 17.3 Å². The predicted molar refractivity (Wildman–Crippen MR) is 96.8 cm³/mol. The van der Waals surface area contributed by atoms with Crippen LogP contribution in [0, 0.1) is 5.82 Å². The summed E-state index contributed by atoms with van der Waals surface area (Å²) < 4.78 is 18.4. The van der Waals surface area contributed by atoms with Crippen molar-refractivity contribution >= 4 is 24.1 Å². The second kappa shape index (κ2) is 9.15. The second-order valence-electron chi connectivity index (χ2n) is 6.77.